The summed E-state index contributed by atoms with van der Waals surface area (Å²) in [7, 11) is -4.41. The lowest BCUT2D eigenvalue weighted by molar-refractivity contribution is -0.152. The van der Waals surface area contributed by atoms with Gasteiger partial charge in [-0.05, 0) is 57.4 Å². The maximum absolute atomic E-state index is 16.0. The second kappa shape index (κ2) is 13.4. The van der Waals surface area contributed by atoms with Crippen molar-refractivity contribution in [3.8, 4) is 5.75 Å². The first-order valence-corrected chi connectivity index (χ1v) is 18.2. The van der Waals surface area contributed by atoms with Crippen LogP contribution in [0.5, 0.6) is 5.75 Å². The van der Waals surface area contributed by atoms with Gasteiger partial charge < -0.3 is 29.7 Å². The summed E-state index contributed by atoms with van der Waals surface area (Å²) in [5.74, 6) is 0.178. The smallest absolute Gasteiger partial charge is 0.459 e. The Balaban J connectivity index is 1.13. The van der Waals surface area contributed by atoms with Crippen LogP contribution in [0.2, 0.25) is 0 Å². The topological polar surface area (TPSA) is 176 Å². The van der Waals surface area contributed by atoms with Crippen LogP contribution in [0.25, 0.3) is 21.9 Å². The molecule has 14 nitrogen and oxygen atoms in total. The lowest BCUT2D eigenvalue weighted by atomic mass is 9.98. The number of carbonyl (C=O) groups excluding carboxylic acids is 1. The van der Waals surface area contributed by atoms with Crippen molar-refractivity contribution in [2.24, 2.45) is 0 Å². The molecule has 49 heavy (non-hydrogen) atoms. The molecule has 4 N–H and O–H groups in total. The van der Waals surface area contributed by atoms with Crippen molar-refractivity contribution in [2.45, 2.75) is 88.6 Å². The van der Waals surface area contributed by atoms with Gasteiger partial charge in [0.1, 0.15) is 29.6 Å². The number of aromatic nitrogens is 4. The van der Waals surface area contributed by atoms with E-state index in [1.807, 2.05) is 29.2 Å². The van der Waals surface area contributed by atoms with Crippen molar-refractivity contribution < 1.29 is 37.4 Å². The number of nitrogen functional groups attached to an aromatic ring is 1. The van der Waals surface area contributed by atoms with Crippen LogP contribution in [0.4, 0.5) is 16.2 Å². The van der Waals surface area contributed by atoms with Crippen LogP contribution in [0, 0.1) is 0 Å². The lowest BCUT2D eigenvalue weighted by Gasteiger charge is -2.32. The normalized spacial score (nSPS) is 26.4. The van der Waals surface area contributed by atoms with Crippen molar-refractivity contribution in [3.05, 3.63) is 48.8 Å². The number of nitrogens with two attached hydrogens (primary N) is 1. The van der Waals surface area contributed by atoms with Crippen molar-refractivity contribution in [1.82, 2.24) is 24.6 Å². The lowest BCUT2D eigenvalue weighted by Crippen LogP contribution is -2.42. The molecule has 1 aliphatic carbocycles. The van der Waals surface area contributed by atoms with Crippen LogP contribution in [0.1, 0.15) is 58.6 Å². The zero-order valence-corrected chi connectivity index (χ0v) is 28.3. The number of aliphatic hydroxyl groups is 1. The summed E-state index contributed by atoms with van der Waals surface area (Å²) < 4.78 is 55.5. The molecule has 4 heterocycles. The Kier molecular flexibility index (Phi) is 9.22. The van der Waals surface area contributed by atoms with Crippen molar-refractivity contribution >= 4 is 47.4 Å². The largest absolute Gasteiger partial charge is 0.461 e. The molecular formula is C33H41FN7O7P. The summed E-state index contributed by atoms with van der Waals surface area (Å²) >= 11 is 0. The molecule has 3 fully saturated rings. The molecule has 7 rings (SSSR count). The van der Waals surface area contributed by atoms with Gasteiger partial charge >= 0.3 is 13.7 Å². The number of benzene rings is 2. The molecule has 0 radical (unpaired) electrons. The average Bonchev–Trinajstić information content (AvgIpc) is 3.56. The third-order valence-electron chi connectivity index (χ3n) is 9.43. The number of nitrogens with zero attached hydrogens (tertiary/aromatic N) is 5. The van der Waals surface area contributed by atoms with Gasteiger partial charge in [0, 0.05) is 18.5 Å². The first kappa shape index (κ1) is 33.6. The average molecular weight is 698 g/mol. The van der Waals surface area contributed by atoms with E-state index in [4.69, 9.17) is 24.3 Å². The summed E-state index contributed by atoms with van der Waals surface area (Å²) in [4.78, 5) is 28.2. The van der Waals surface area contributed by atoms with Crippen molar-refractivity contribution in [2.75, 3.05) is 30.3 Å². The zero-order valence-electron chi connectivity index (χ0n) is 27.4. The Labute approximate surface area is 282 Å². The van der Waals surface area contributed by atoms with Gasteiger partial charge in [-0.1, -0.05) is 42.8 Å². The molecule has 2 aromatic carbocycles. The second-order valence-corrected chi connectivity index (χ2v) is 14.8. The van der Waals surface area contributed by atoms with Crippen LogP contribution in [-0.2, 0) is 23.4 Å². The van der Waals surface area contributed by atoms with E-state index in [-0.39, 0.29) is 23.4 Å². The third kappa shape index (κ3) is 6.70. The van der Waals surface area contributed by atoms with Gasteiger partial charge in [-0.2, -0.15) is 15.1 Å². The number of esters is 1. The van der Waals surface area contributed by atoms with E-state index in [1.165, 1.54) is 24.7 Å². The van der Waals surface area contributed by atoms with E-state index in [2.05, 4.69) is 20.0 Å². The molecule has 0 bridgehead atoms. The van der Waals surface area contributed by atoms with E-state index in [0.717, 1.165) is 57.0 Å². The molecule has 262 valence electrons. The zero-order chi connectivity index (χ0) is 34.3. The minimum absolute atomic E-state index is 0.000738. The molecule has 4 aromatic rings. The predicted octanol–water partition coefficient (Wildman–Crippen LogP) is 4.82. The minimum Gasteiger partial charge on any atom is -0.461 e. The number of imidazole rings is 1. The van der Waals surface area contributed by atoms with Crippen LogP contribution in [0.3, 0.4) is 0 Å². The summed E-state index contributed by atoms with van der Waals surface area (Å²) in [5.41, 5.74) is 4.65. The van der Waals surface area contributed by atoms with Crippen molar-refractivity contribution in [1.29, 1.82) is 0 Å². The van der Waals surface area contributed by atoms with E-state index in [9.17, 15) is 14.5 Å². The number of fused-ring (bicyclic) bond motifs is 2. The summed E-state index contributed by atoms with van der Waals surface area (Å²) in [6.07, 6.45) is 2.05. The number of hydrogen-bond acceptors (Lipinski definition) is 12. The molecular weight excluding hydrogens is 656 g/mol. The molecule has 0 spiro atoms. The highest BCUT2D eigenvalue weighted by molar-refractivity contribution is 7.52. The fraction of sp³-hybridized carbons (Fsp3) is 0.515. The Bertz CT molecular complexity index is 1880. The van der Waals surface area contributed by atoms with Gasteiger partial charge in [0.15, 0.2) is 29.4 Å². The molecule has 2 saturated heterocycles. The molecule has 2 aliphatic heterocycles. The Morgan fingerprint density at radius 2 is 1.92 bits per heavy atom. The Morgan fingerprint density at radius 1 is 1.16 bits per heavy atom. The van der Waals surface area contributed by atoms with E-state index in [0.29, 0.717) is 16.7 Å². The molecule has 2 unspecified atom stereocenters. The molecule has 3 aliphatic rings. The van der Waals surface area contributed by atoms with Gasteiger partial charge in [0.25, 0.3) is 0 Å². The highest BCUT2D eigenvalue weighted by atomic mass is 31.2. The van der Waals surface area contributed by atoms with Crippen LogP contribution in [-0.4, -0.2) is 80.3 Å². The maximum atomic E-state index is 16.0. The van der Waals surface area contributed by atoms with Gasteiger partial charge in [0.05, 0.1) is 12.9 Å². The number of alkyl halides is 1. The fourth-order valence-electron chi connectivity index (χ4n) is 6.60. The summed E-state index contributed by atoms with van der Waals surface area (Å²) in [6.45, 7) is 3.77. The number of carbonyl (C=O) groups is 1. The molecule has 0 amide bonds. The van der Waals surface area contributed by atoms with Gasteiger partial charge in [-0.3, -0.25) is 13.9 Å². The van der Waals surface area contributed by atoms with E-state index >= 15 is 4.39 Å². The van der Waals surface area contributed by atoms with E-state index < -0.39 is 50.5 Å². The standard InChI is InChI=1S/C33H41FN7O7P/c1-20(30(42)46-22-12-4-3-5-13-22)39-49(44,48-24-15-8-11-21-10-6-7-14-23(21)24)45-18-25-27(34)33(2,43)31(47-25)41-19-36-26-28(40-16-9-17-40)37-32(35)38-29(26)41/h6-8,10-11,14-15,19-20,22,25,27,31,43H,3-5,9,12-13,16-18H2,1-2H3,(H,39,44)(H2,35,37,38)/t20?,25-,27-,31-,33-,49?/m1/s1. The number of hydrogen-bond donors (Lipinski definition) is 3. The first-order chi connectivity index (χ1) is 23.5. The highest BCUT2D eigenvalue weighted by Crippen LogP contribution is 2.49. The third-order valence-corrected chi connectivity index (χ3v) is 11.1. The first-order valence-electron chi connectivity index (χ1n) is 16.7. The SMILES string of the molecule is CC(NP(=O)(OC[C@H]1O[C@@H](n2cnc3c(N4CCC4)nc(N)nc32)[C@](C)(O)[C@@H]1F)Oc1cccc2ccccc12)C(=O)OC1CCCCC1. The monoisotopic (exact) mass is 697 g/mol. The van der Waals surface area contributed by atoms with Crippen LogP contribution >= 0.6 is 7.75 Å². The number of anilines is 2. The molecule has 1 saturated carbocycles. The van der Waals surface area contributed by atoms with Crippen LogP contribution < -0.4 is 20.2 Å². The summed E-state index contributed by atoms with van der Waals surface area (Å²) in [6, 6.07) is 11.5. The minimum atomic E-state index is -4.41. The second-order valence-electron chi connectivity index (χ2n) is 13.1. The molecule has 16 heteroatoms. The Morgan fingerprint density at radius 3 is 2.67 bits per heavy atom. The van der Waals surface area contributed by atoms with Gasteiger partial charge in [-0.15, -0.1) is 0 Å². The molecule has 2 aromatic heterocycles. The highest BCUT2D eigenvalue weighted by Gasteiger charge is 2.55. The number of halogens is 1. The fourth-order valence-corrected chi connectivity index (χ4v) is 8.12. The van der Waals surface area contributed by atoms with Gasteiger partial charge in [0.2, 0.25) is 5.95 Å². The number of rotatable bonds is 11. The van der Waals surface area contributed by atoms with E-state index in [1.54, 1.807) is 18.2 Å². The van der Waals surface area contributed by atoms with Crippen LogP contribution in [0.15, 0.2) is 48.8 Å². The quantitative estimate of drug-likeness (QED) is 0.144. The number of ether oxygens (including phenoxy) is 2. The van der Waals surface area contributed by atoms with Gasteiger partial charge in [-0.25, -0.2) is 13.9 Å². The predicted molar refractivity (Wildman–Crippen MR) is 180 cm³/mol. The number of nitrogens with one attached hydrogen (secondary N) is 1. The molecule has 6 atom stereocenters. The Hall–Kier alpha value is -3.88. The summed E-state index contributed by atoms with van der Waals surface area (Å²) in [5, 5.41) is 15.6. The maximum Gasteiger partial charge on any atom is 0.459 e. The van der Waals surface area contributed by atoms with Crippen molar-refractivity contribution in [3.63, 3.8) is 0 Å².